The number of aromatic nitrogens is 12. The Balaban J connectivity index is 0.000000108. The van der Waals surface area contributed by atoms with Gasteiger partial charge in [-0.15, -0.1) is 0 Å². The molecule has 16 heterocycles. The van der Waals surface area contributed by atoms with Crippen molar-refractivity contribution in [2.24, 2.45) is 5.92 Å². The predicted molar refractivity (Wildman–Crippen MR) is 491 cm³/mol. The van der Waals surface area contributed by atoms with Crippen LogP contribution in [0, 0.1) is 33.6 Å². The third-order valence-electron chi connectivity index (χ3n) is 27.4. The summed E-state index contributed by atoms with van der Waals surface area (Å²) in [6, 6.07) is 38.1. The Bertz CT molecular complexity index is 5720. The minimum absolute atomic E-state index is 0.373. The molecule has 8 aliphatic heterocycles. The van der Waals surface area contributed by atoms with Gasteiger partial charge in [0.15, 0.2) is 22.6 Å². The van der Waals surface area contributed by atoms with Gasteiger partial charge in [0.1, 0.15) is 72.7 Å². The molecule has 124 heavy (non-hydrogen) atoms. The number of ether oxygens (including phenoxy) is 4. The van der Waals surface area contributed by atoms with Crippen molar-refractivity contribution in [1.29, 1.82) is 0 Å². The summed E-state index contributed by atoms with van der Waals surface area (Å²) in [7, 11) is 0. The molecular weight excluding hydrogens is 1550 g/mol. The Kier molecular flexibility index (Phi) is 24.5. The van der Waals surface area contributed by atoms with Crippen LogP contribution in [0.1, 0.15) is 95.9 Å². The van der Waals surface area contributed by atoms with Gasteiger partial charge in [0, 0.05) is 189 Å². The highest BCUT2D eigenvalue weighted by atomic mass is 16.5. The SMILES string of the molecule is CCCN1C[C@H]2COc3ccc(C)c(c3)-c3cnn4ccc(nc34)NCCN2C[C@H]1C.CCN1C[C@H]2COc3ccc(C)c(c3)-c3cnn4ccc(nc34)NCCN2C[C@H]1C.Cc1ccc2cc1-c1cnn3ccc(nc13)NCCN1C[C@@H](C)N(C3CC3)C[C@H]1CO2.Cc1ccc2cc1-c1cnn3ccc(nc13)NCCN1C[C@@H](C)N(CC3CC3)C[C@H]1CO2. The fourth-order valence-electron chi connectivity index (χ4n) is 19.8. The molecule has 4 saturated heterocycles. The van der Waals surface area contributed by atoms with Crippen LogP contribution in [0.3, 0.4) is 0 Å². The van der Waals surface area contributed by atoms with Gasteiger partial charge in [0.05, 0.1) is 49.0 Å². The molecule has 2 aliphatic carbocycles. The molecule has 12 aromatic rings. The zero-order valence-corrected chi connectivity index (χ0v) is 74.0. The molecule has 22 rings (SSSR count). The quantitative estimate of drug-likeness (QED) is 0.121. The van der Waals surface area contributed by atoms with E-state index in [1.54, 1.807) is 0 Å². The van der Waals surface area contributed by atoms with Crippen molar-refractivity contribution in [3.8, 4) is 67.5 Å². The summed E-state index contributed by atoms with van der Waals surface area (Å²) in [4.78, 5) is 40.4. The summed E-state index contributed by atoms with van der Waals surface area (Å²) in [5, 5.41) is 32.2. The highest BCUT2D eigenvalue weighted by molar-refractivity contribution is 5.84. The Morgan fingerprint density at radius 2 is 0.653 bits per heavy atom. The Hall–Kier alpha value is -10.6. The lowest BCUT2D eigenvalue weighted by molar-refractivity contribution is 0.0125. The molecule has 8 atom stereocenters. The van der Waals surface area contributed by atoms with Crippen molar-refractivity contribution in [3.63, 3.8) is 0 Å². The lowest BCUT2D eigenvalue weighted by atomic mass is 10.0. The van der Waals surface area contributed by atoms with Crippen LogP contribution < -0.4 is 40.2 Å². The van der Waals surface area contributed by atoms with Crippen LogP contribution in [0.15, 0.2) is 147 Å². The number of likely N-dealkylation sites (N-methyl/N-ethyl adjacent to an activating group) is 1. The first-order valence-corrected chi connectivity index (χ1v) is 45.8. The number of piperazine rings is 4. The largest absolute Gasteiger partial charge is 0.492 e. The normalized spacial score (nSPS) is 23.8. The Morgan fingerprint density at radius 1 is 0.339 bits per heavy atom. The molecule has 16 bridgehead atoms. The van der Waals surface area contributed by atoms with Gasteiger partial charge in [0.2, 0.25) is 0 Å². The van der Waals surface area contributed by atoms with Gasteiger partial charge in [-0.2, -0.15) is 20.4 Å². The second-order valence-electron chi connectivity index (χ2n) is 36.3. The van der Waals surface area contributed by atoms with E-state index in [0.717, 1.165) is 243 Å². The standard InChI is InChI=1S/C25H32N6O.C24H30N6O.C24H32N6O.C23H30N6O/c1-17-3-6-21-11-22(17)23-12-27-31-9-7-24(28-25(23)31)26-8-10-29-13-18(2)30(14-19-4-5-19)15-20(29)16-32-21;1-16-3-6-20-11-21(16)22-12-26-30-9-7-23(27-24(22)30)25-8-10-28-13-17(2)29(18-4-5-18)14-19(28)15-31-20;1-4-9-28-15-19-16-31-20-6-5-17(2)21(12-20)22-13-26-30-10-7-23(27-24(22)30)25-8-11-29(19)14-18(28)3;1-4-27-14-18-15-30-19-6-5-16(2)20(11-19)21-12-25-29-9-7-22(26-23(21)29)24-8-10-28(18)13-17(27)3/h3,6-7,9,11-12,18-20H,4-5,8,10,13-16H2,1-2H3,(H,26,28);3,6-7,9,11-12,17-19H,4-5,8,10,13-15H2,1-2H3,(H,25,27);5-7,10,12-13,18-19H,4,8-9,11,14-16H2,1-3H3,(H,25,27);5-7,9,11-12,17-18H,4,8,10,13-15H2,1-3H3,(H,24,26)/t18-,20+;17-,19+;18-,19+;17-,18+/m1111/s1. The summed E-state index contributed by atoms with van der Waals surface area (Å²) < 4.78 is 32.9. The van der Waals surface area contributed by atoms with Gasteiger partial charge in [-0.25, -0.2) is 38.0 Å². The van der Waals surface area contributed by atoms with Gasteiger partial charge in [-0.1, -0.05) is 38.1 Å². The van der Waals surface area contributed by atoms with E-state index in [1.165, 1.54) is 60.9 Å². The third-order valence-corrected chi connectivity index (χ3v) is 27.4. The van der Waals surface area contributed by atoms with E-state index in [-0.39, 0.29) is 0 Å². The first kappa shape index (κ1) is 83.0. The van der Waals surface area contributed by atoms with E-state index in [0.29, 0.717) is 74.8 Å². The van der Waals surface area contributed by atoms with Gasteiger partial charge >= 0.3 is 0 Å². The lowest BCUT2D eigenvalue weighted by Crippen LogP contribution is -2.60. The first-order chi connectivity index (χ1) is 60.5. The second-order valence-corrected chi connectivity index (χ2v) is 36.3. The van der Waals surface area contributed by atoms with E-state index in [2.05, 4.69) is 223 Å². The molecular formula is C96H124N24O4. The van der Waals surface area contributed by atoms with Crippen molar-refractivity contribution >= 4 is 45.9 Å². The number of hydrogen-bond acceptors (Lipinski definition) is 24. The van der Waals surface area contributed by atoms with Crippen molar-refractivity contribution in [3.05, 3.63) is 169 Å². The van der Waals surface area contributed by atoms with Crippen LogP contribution in [0.4, 0.5) is 23.3 Å². The molecule has 0 amide bonds. The second kappa shape index (κ2) is 36.6. The van der Waals surface area contributed by atoms with Gasteiger partial charge in [0.25, 0.3) is 0 Å². The number of fused-ring (bicyclic) bond motifs is 20. The summed E-state index contributed by atoms with van der Waals surface area (Å²) in [6.07, 6.45) is 22.2. The maximum Gasteiger partial charge on any atom is 0.165 e. The topological polar surface area (TPSA) is 232 Å². The van der Waals surface area contributed by atoms with Crippen LogP contribution >= 0.6 is 0 Å². The number of aryl methyl sites for hydroxylation is 4. The molecule has 6 fully saturated rings. The number of hydrogen-bond donors (Lipinski definition) is 4. The minimum Gasteiger partial charge on any atom is -0.492 e. The Labute approximate surface area is 728 Å². The summed E-state index contributed by atoms with van der Waals surface area (Å²) in [5.41, 5.74) is 16.9. The zero-order chi connectivity index (χ0) is 84.6. The van der Waals surface area contributed by atoms with Crippen LogP contribution in [0.2, 0.25) is 0 Å². The maximum absolute atomic E-state index is 6.41. The molecule has 28 nitrogen and oxygen atoms in total. The monoisotopic (exact) mass is 1680 g/mol. The predicted octanol–water partition coefficient (Wildman–Crippen LogP) is 12.5. The minimum atomic E-state index is 0.373. The molecule has 2 saturated carbocycles. The number of anilines is 4. The van der Waals surface area contributed by atoms with E-state index >= 15 is 0 Å². The maximum atomic E-state index is 6.41. The molecule has 0 spiro atoms. The third kappa shape index (κ3) is 18.3. The van der Waals surface area contributed by atoms with Crippen LogP contribution in [0.5, 0.6) is 23.0 Å². The fraction of sp³-hybridized carbons (Fsp3) is 0.500. The Morgan fingerprint density at radius 3 is 0.984 bits per heavy atom. The van der Waals surface area contributed by atoms with E-state index in [4.69, 9.17) is 38.9 Å². The average Bonchev–Trinajstić information content (AvgIpc) is 1.64. The number of nitrogens with zero attached hydrogens (tertiary/aromatic N) is 20. The lowest BCUT2D eigenvalue weighted by Gasteiger charge is -2.45. The van der Waals surface area contributed by atoms with Crippen LogP contribution in [-0.4, -0.2) is 303 Å². The molecule has 0 radical (unpaired) electrons. The van der Waals surface area contributed by atoms with E-state index in [9.17, 15) is 0 Å². The van der Waals surface area contributed by atoms with Gasteiger partial charge in [-0.05, 0) is 224 Å². The molecule has 28 heteroatoms. The first-order valence-electron chi connectivity index (χ1n) is 45.8. The van der Waals surface area contributed by atoms with Crippen LogP contribution in [-0.2, 0) is 0 Å². The van der Waals surface area contributed by atoms with E-state index in [1.807, 2.05) is 91.9 Å². The number of benzene rings is 4. The van der Waals surface area contributed by atoms with Gasteiger partial charge in [-0.3, -0.25) is 39.2 Å². The summed E-state index contributed by atoms with van der Waals surface area (Å²) >= 11 is 0. The number of nitrogens with one attached hydrogen (secondary N) is 4. The average molecular weight is 1680 g/mol. The van der Waals surface area contributed by atoms with Crippen molar-refractivity contribution in [1.82, 2.24) is 97.6 Å². The van der Waals surface area contributed by atoms with Crippen molar-refractivity contribution in [2.45, 2.75) is 156 Å². The zero-order valence-electron chi connectivity index (χ0n) is 74.0. The van der Waals surface area contributed by atoms with Crippen molar-refractivity contribution < 1.29 is 18.9 Å². The van der Waals surface area contributed by atoms with Crippen molar-refractivity contribution in [2.75, 3.05) is 172 Å². The molecule has 4 aromatic carbocycles. The molecule has 10 aliphatic rings. The molecule has 4 N–H and O–H groups in total. The summed E-state index contributed by atoms with van der Waals surface area (Å²) in [5.74, 6) is 8.15. The molecule has 8 aromatic heterocycles. The van der Waals surface area contributed by atoms with Crippen LogP contribution in [0.25, 0.3) is 67.1 Å². The van der Waals surface area contributed by atoms with Gasteiger partial charge < -0.3 is 40.2 Å². The molecule has 0 unspecified atom stereocenters. The highest BCUT2D eigenvalue weighted by Crippen LogP contribution is 2.39. The smallest absolute Gasteiger partial charge is 0.165 e. The highest BCUT2D eigenvalue weighted by Gasteiger charge is 2.41. The molecule has 652 valence electrons. The number of rotatable bonds is 6. The van der Waals surface area contributed by atoms with E-state index < -0.39 is 0 Å². The fourth-order valence-corrected chi connectivity index (χ4v) is 19.8. The summed E-state index contributed by atoms with van der Waals surface area (Å²) in [6.45, 7) is 44.6.